The van der Waals surface area contributed by atoms with Crippen LogP contribution in [0.4, 0.5) is 0 Å². The normalized spacial score (nSPS) is 12.5. The van der Waals surface area contributed by atoms with Gasteiger partial charge in [0.2, 0.25) is 15.9 Å². The molecule has 3 aromatic rings. The molecule has 3 aromatic carbocycles. The minimum absolute atomic E-state index is 0.111. The minimum Gasteiger partial charge on any atom is -0.348 e. The number of carbonyl (C=O) groups is 1. The zero-order chi connectivity index (χ0) is 24.9. The molecule has 0 saturated heterocycles. The first-order valence-corrected chi connectivity index (χ1v) is 13.8. The molecule has 0 aromatic heterocycles. The van der Waals surface area contributed by atoms with Crippen molar-refractivity contribution in [3.8, 4) is 0 Å². The van der Waals surface area contributed by atoms with E-state index in [0.717, 1.165) is 21.6 Å². The van der Waals surface area contributed by atoms with Crippen LogP contribution in [0.25, 0.3) is 0 Å². The van der Waals surface area contributed by atoms with E-state index < -0.39 is 10.0 Å². The molecule has 0 bridgehead atoms. The SMILES string of the molecule is CSc1ccc([C@@H](C)NC(=O)CN(Cc2ccccc2)S(=O)(=O)c2c(C)cc(C)cc2C)cc1. The lowest BCUT2D eigenvalue weighted by Crippen LogP contribution is -2.41. The molecule has 1 atom stereocenters. The highest BCUT2D eigenvalue weighted by molar-refractivity contribution is 7.98. The standard InChI is InChI=1S/C27H32N2O3S2/c1-19-15-20(2)27(21(3)16-19)34(31,32)29(17-23-9-7-6-8-10-23)18-26(30)28-22(4)24-11-13-25(33-5)14-12-24/h6-16,22H,17-18H2,1-5H3,(H,28,30)/t22-/m1/s1. The van der Waals surface area contributed by atoms with Crippen LogP contribution in [0.15, 0.2) is 76.5 Å². The Bertz CT molecular complexity index is 1220. The number of hydrogen-bond acceptors (Lipinski definition) is 4. The second kappa shape index (κ2) is 11.2. The van der Waals surface area contributed by atoms with Gasteiger partial charge in [0.1, 0.15) is 0 Å². The molecule has 180 valence electrons. The zero-order valence-electron chi connectivity index (χ0n) is 20.3. The maximum absolute atomic E-state index is 13.8. The molecular formula is C27H32N2O3S2. The number of aryl methyl sites for hydroxylation is 3. The lowest BCUT2D eigenvalue weighted by Gasteiger charge is -2.25. The molecule has 0 unspecified atom stereocenters. The molecule has 0 aliphatic carbocycles. The Labute approximate surface area is 207 Å². The van der Waals surface area contributed by atoms with Crippen molar-refractivity contribution >= 4 is 27.7 Å². The molecule has 0 heterocycles. The molecule has 34 heavy (non-hydrogen) atoms. The van der Waals surface area contributed by atoms with Crippen molar-refractivity contribution in [3.05, 3.63) is 94.5 Å². The molecule has 0 saturated carbocycles. The summed E-state index contributed by atoms with van der Waals surface area (Å²) in [5.41, 5.74) is 4.15. The maximum atomic E-state index is 13.8. The zero-order valence-corrected chi connectivity index (χ0v) is 22.0. The minimum atomic E-state index is -3.91. The molecule has 5 nitrogen and oxygen atoms in total. The van der Waals surface area contributed by atoms with Gasteiger partial charge in [0, 0.05) is 11.4 Å². The summed E-state index contributed by atoms with van der Waals surface area (Å²) in [6.07, 6.45) is 2.01. The first-order valence-electron chi connectivity index (χ1n) is 11.2. The first-order chi connectivity index (χ1) is 16.1. The predicted molar refractivity (Wildman–Crippen MR) is 139 cm³/mol. The van der Waals surface area contributed by atoms with Crippen LogP contribution in [0.1, 0.15) is 40.8 Å². The van der Waals surface area contributed by atoms with Crippen molar-refractivity contribution < 1.29 is 13.2 Å². The van der Waals surface area contributed by atoms with Gasteiger partial charge in [-0.05, 0) is 68.3 Å². The van der Waals surface area contributed by atoms with Gasteiger partial charge in [0.25, 0.3) is 0 Å². The summed E-state index contributed by atoms with van der Waals surface area (Å²) in [6.45, 7) is 7.29. The maximum Gasteiger partial charge on any atom is 0.244 e. The van der Waals surface area contributed by atoms with Gasteiger partial charge in [-0.3, -0.25) is 4.79 Å². The molecular weight excluding hydrogens is 464 g/mol. The summed E-state index contributed by atoms with van der Waals surface area (Å²) in [5, 5.41) is 2.96. The van der Waals surface area contributed by atoms with Crippen molar-refractivity contribution in [1.29, 1.82) is 0 Å². The van der Waals surface area contributed by atoms with Crippen LogP contribution in [0.3, 0.4) is 0 Å². The van der Waals surface area contributed by atoms with E-state index >= 15 is 0 Å². The van der Waals surface area contributed by atoms with Gasteiger partial charge in [-0.1, -0.05) is 60.2 Å². The third kappa shape index (κ3) is 6.29. The van der Waals surface area contributed by atoms with E-state index in [1.54, 1.807) is 25.6 Å². The van der Waals surface area contributed by atoms with E-state index in [1.807, 2.05) is 86.8 Å². The van der Waals surface area contributed by atoms with Crippen molar-refractivity contribution in [2.75, 3.05) is 12.8 Å². The summed E-state index contributed by atoms with van der Waals surface area (Å²) >= 11 is 1.66. The van der Waals surface area contributed by atoms with E-state index in [4.69, 9.17) is 0 Å². The highest BCUT2D eigenvalue weighted by Gasteiger charge is 2.30. The summed E-state index contributed by atoms with van der Waals surface area (Å²) in [5.74, 6) is -0.344. The lowest BCUT2D eigenvalue weighted by molar-refractivity contribution is -0.122. The summed E-state index contributed by atoms with van der Waals surface area (Å²) in [6, 6.07) is 20.8. The fourth-order valence-corrected chi connectivity index (χ4v) is 6.34. The Kier molecular flexibility index (Phi) is 8.57. The molecule has 0 radical (unpaired) electrons. The molecule has 1 amide bonds. The Balaban J connectivity index is 1.88. The monoisotopic (exact) mass is 496 g/mol. The van der Waals surface area contributed by atoms with Crippen molar-refractivity contribution in [2.45, 2.75) is 50.1 Å². The van der Waals surface area contributed by atoms with Crippen LogP contribution in [0.5, 0.6) is 0 Å². The van der Waals surface area contributed by atoms with Crippen LogP contribution in [-0.2, 0) is 21.4 Å². The smallest absolute Gasteiger partial charge is 0.244 e. The van der Waals surface area contributed by atoms with Gasteiger partial charge < -0.3 is 5.32 Å². The Morgan fingerprint density at radius 1 is 0.971 bits per heavy atom. The molecule has 0 spiro atoms. The van der Waals surface area contributed by atoms with Crippen molar-refractivity contribution in [2.24, 2.45) is 0 Å². The molecule has 1 N–H and O–H groups in total. The van der Waals surface area contributed by atoms with Crippen LogP contribution < -0.4 is 5.32 Å². The van der Waals surface area contributed by atoms with Crippen LogP contribution in [0, 0.1) is 20.8 Å². The van der Waals surface area contributed by atoms with E-state index in [2.05, 4.69) is 5.32 Å². The largest absolute Gasteiger partial charge is 0.348 e. The highest BCUT2D eigenvalue weighted by atomic mass is 32.2. The van der Waals surface area contributed by atoms with Crippen molar-refractivity contribution in [1.82, 2.24) is 9.62 Å². The number of benzene rings is 3. The molecule has 7 heteroatoms. The van der Waals surface area contributed by atoms with Crippen LogP contribution in [0.2, 0.25) is 0 Å². The first kappa shape index (κ1) is 26.0. The van der Waals surface area contributed by atoms with Crippen LogP contribution in [-0.4, -0.2) is 31.4 Å². The van der Waals surface area contributed by atoms with Crippen molar-refractivity contribution in [3.63, 3.8) is 0 Å². The second-order valence-corrected chi connectivity index (χ2v) is 11.3. The number of thioether (sulfide) groups is 1. The average Bonchev–Trinajstić information content (AvgIpc) is 2.78. The highest BCUT2D eigenvalue weighted by Crippen LogP contribution is 2.27. The molecule has 3 rings (SSSR count). The topological polar surface area (TPSA) is 66.5 Å². The lowest BCUT2D eigenvalue weighted by atomic mass is 10.1. The number of sulfonamides is 1. The van der Waals surface area contributed by atoms with E-state index in [9.17, 15) is 13.2 Å². The van der Waals surface area contributed by atoms with E-state index in [0.29, 0.717) is 11.1 Å². The summed E-state index contributed by atoms with van der Waals surface area (Å²) < 4.78 is 28.9. The van der Waals surface area contributed by atoms with Gasteiger partial charge in [-0.15, -0.1) is 11.8 Å². The fourth-order valence-electron chi connectivity index (χ4n) is 4.14. The van der Waals surface area contributed by atoms with Crippen LogP contribution >= 0.6 is 11.8 Å². The quantitative estimate of drug-likeness (QED) is 0.403. The van der Waals surface area contributed by atoms with Gasteiger partial charge in [0.05, 0.1) is 17.5 Å². The third-order valence-corrected chi connectivity index (χ3v) is 8.56. The number of nitrogens with one attached hydrogen (secondary N) is 1. The summed E-state index contributed by atoms with van der Waals surface area (Å²) in [7, 11) is -3.91. The average molecular weight is 497 g/mol. The van der Waals surface area contributed by atoms with Gasteiger partial charge in [0.15, 0.2) is 0 Å². The number of nitrogens with zero attached hydrogens (tertiary/aromatic N) is 1. The van der Waals surface area contributed by atoms with E-state index in [1.165, 1.54) is 4.31 Å². The summed E-state index contributed by atoms with van der Waals surface area (Å²) in [4.78, 5) is 14.4. The number of carbonyl (C=O) groups excluding carboxylic acids is 1. The molecule has 0 aliphatic heterocycles. The van der Waals surface area contributed by atoms with Gasteiger partial charge >= 0.3 is 0 Å². The third-order valence-electron chi connectivity index (χ3n) is 5.72. The molecule has 0 fully saturated rings. The molecule has 0 aliphatic rings. The Hall–Kier alpha value is -2.61. The fraction of sp³-hybridized carbons (Fsp3) is 0.296. The number of hydrogen-bond donors (Lipinski definition) is 1. The number of rotatable bonds is 9. The van der Waals surface area contributed by atoms with E-state index in [-0.39, 0.29) is 29.9 Å². The Morgan fingerprint density at radius 2 is 1.56 bits per heavy atom. The van der Waals surface area contributed by atoms with Gasteiger partial charge in [-0.25, -0.2) is 8.42 Å². The number of amides is 1. The Morgan fingerprint density at radius 3 is 2.12 bits per heavy atom. The second-order valence-electron chi connectivity index (χ2n) is 8.55. The predicted octanol–water partition coefficient (Wildman–Crippen LogP) is 5.40. The van der Waals surface area contributed by atoms with Gasteiger partial charge in [-0.2, -0.15) is 4.31 Å².